The Labute approximate surface area is 166 Å². The lowest BCUT2D eigenvalue weighted by Crippen LogP contribution is -2.73. The lowest BCUT2D eigenvalue weighted by Gasteiger charge is -2.41. The SMILES string of the molecule is Nc1ccccc1NC(=O)C(F)(F)C(F)(F)C(F)(F)C(F)(F)C(F)(F)C(F)(F)C(F)(F)F. The minimum Gasteiger partial charge on any atom is -0.397 e. The highest BCUT2D eigenvalue weighted by atomic mass is 19.4. The molecule has 1 amide bonds. The molecule has 3 N–H and O–H groups in total. The summed E-state index contributed by atoms with van der Waals surface area (Å²) >= 11 is 0. The van der Waals surface area contributed by atoms with E-state index in [9.17, 15) is 70.7 Å². The molecular formula is C14H7F15N2O. The lowest BCUT2D eigenvalue weighted by atomic mass is 9.91. The Balaban J connectivity index is 3.51. The number of hydrogen-bond donors (Lipinski definition) is 2. The Morgan fingerprint density at radius 3 is 1.41 bits per heavy atom. The van der Waals surface area contributed by atoms with E-state index in [0.29, 0.717) is 6.07 Å². The van der Waals surface area contributed by atoms with Gasteiger partial charge in [-0.2, -0.15) is 65.9 Å². The molecular weight excluding hydrogens is 497 g/mol. The van der Waals surface area contributed by atoms with Crippen LogP contribution in [0.3, 0.4) is 0 Å². The number of anilines is 2. The molecule has 0 aromatic heterocycles. The number of amides is 1. The highest BCUT2D eigenvalue weighted by Gasteiger charge is 2.94. The largest absolute Gasteiger partial charge is 0.460 e. The van der Waals surface area contributed by atoms with Crippen molar-refractivity contribution in [2.24, 2.45) is 0 Å². The summed E-state index contributed by atoms with van der Waals surface area (Å²) in [7, 11) is 0. The van der Waals surface area contributed by atoms with Crippen LogP contribution in [-0.4, -0.2) is 47.6 Å². The number of carbonyl (C=O) groups excluding carboxylic acids is 1. The van der Waals surface area contributed by atoms with Crippen LogP contribution in [0.2, 0.25) is 0 Å². The molecule has 0 heterocycles. The van der Waals surface area contributed by atoms with E-state index < -0.39 is 59.0 Å². The number of para-hydroxylation sites is 2. The number of rotatable bonds is 7. The molecule has 3 nitrogen and oxygen atoms in total. The fraction of sp³-hybridized carbons (Fsp3) is 0.500. The highest BCUT2D eigenvalue weighted by molar-refractivity contribution is 5.99. The normalized spacial score (nSPS) is 15.0. The summed E-state index contributed by atoms with van der Waals surface area (Å²) in [4.78, 5) is 11.3. The molecule has 0 fully saturated rings. The van der Waals surface area contributed by atoms with Crippen molar-refractivity contribution in [3.63, 3.8) is 0 Å². The summed E-state index contributed by atoms with van der Waals surface area (Å²) in [5.74, 6) is -51.8. The van der Waals surface area contributed by atoms with Crippen LogP contribution in [0.15, 0.2) is 24.3 Å². The second-order valence-corrected chi connectivity index (χ2v) is 5.99. The third-order valence-corrected chi connectivity index (χ3v) is 3.82. The minimum absolute atomic E-state index is 0.603. The quantitative estimate of drug-likeness (QED) is 0.377. The smallest absolute Gasteiger partial charge is 0.397 e. The number of alkyl halides is 15. The van der Waals surface area contributed by atoms with Crippen LogP contribution in [0.4, 0.5) is 77.2 Å². The van der Waals surface area contributed by atoms with Crippen LogP contribution < -0.4 is 11.1 Å². The monoisotopic (exact) mass is 504 g/mol. The molecule has 184 valence electrons. The molecule has 0 radical (unpaired) electrons. The second-order valence-electron chi connectivity index (χ2n) is 5.99. The first-order valence-corrected chi connectivity index (χ1v) is 7.40. The van der Waals surface area contributed by atoms with Gasteiger partial charge < -0.3 is 11.1 Å². The van der Waals surface area contributed by atoms with Gasteiger partial charge in [0.2, 0.25) is 0 Å². The van der Waals surface area contributed by atoms with E-state index in [4.69, 9.17) is 5.73 Å². The molecule has 0 unspecified atom stereocenters. The molecule has 0 aliphatic carbocycles. The van der Waals surface area contributed by atoms with E-state index in [1.165, 1.54) is 0 Å². The molecule has 0 bridgehead atoms. The third-order valence-electron chi connectivity index (χ3n) is 3.82. The van der Waals surface area contributed by atoms with Gasteiger partial charge in [-0.15, -0.1) is 0 Å². The maximum absolute atomic E-state index is 13.7. The minimum atomic E-state index is -8.46. The van der Waals surface area contributed by atoms with E-state index in [2.05, 4.69) is 0 Å². The molecule has 1 rings (SSSR count). The Bertz CT molecular complexity index is 862. The van der Waals surface area contributed by atoms with Crippen LogP contribution in [0.25, 0.3) is 0 Å². The van der Waals surface area contributed by atoms with E-state index in [1.54, 1.807) is 0 Å². The van der Waals surface area contributed by atoms with E-state index >= 15 is 0 Å². The van der Waals surface area contributed by atoms with Gasteiger partial charge >= 0.3 is 47.6 Å². The van der Waals surface area contributed by atoms with Crippen LogP contribution in [0.1, 0.15) is 0 Å². The number of nitrogen functional groups attached to an aromatic ring is 1. The Morgan fingerprint density at radius 2 is 1.00 bits per heavy atom. The molecule has 1 aromatic rings. The molecule has 18 heteroatoms. The fourth-order valence-corrected chi connectivity index (χ4v) is 1.92. The molecule has 0 spiro atoms. The molecule has 0 aliphatic heterocycles. The van der Waals surface area contributed by atoms with Gasteiger partial charge in [0.1, 0.15) is 0 Å². The maximum atomic E-state index is 13.7. The summed E-state index contributed by atoms with van der Waals surface area (Å²) in [5.41, 5.74) is 3.46. The summed E-state index contributed by atoms with van der Waals surface area (Å²) in [5, 5.41) is 0.786. The zero-order valence-electron chi connectivity index (χ0n) is 14.5. The van der Waals surface area contributed by atoms with Gasteiger partial charge in [0, 0.05) is 0 Å². The van der Waals surface area contributed by atoms with Crippen molar-refractivity contribution >= 4 is 17.3 Å². The van der Waals surface area contributed by atoms with Crippen molar-refractivity contribution in [2.75, 3.05) is 11.1 Å². The summed E-state index contributed by atoms with van der Waals surface area (Å²) in [6, 6.07) is 3.42. The van der Waals surface area contributed by atoms with Crippen molar-refractivity contribution in [3.05, 3.63) is 24.3 Å². The van der Waals surface area contributed by atoms with Crippen LogP contribution in [-0.2, 0) is 4.79 Å². The van der Waals surface area contributed by atoms with Gasteiger partial charge in [-0.25, -0.2) is 0 Å². The van der Waals surface area contributed by atoms with Gasteiger partial charge in [0.25, 0.3) is 0 Å². The van der Waals surface area contributed by atoms with E-state index in [0.717, 1.165) is 23.5 Å². The summed E-state index contributed by atoms with van der Waals surface area (Å²) in [6.45, 7) is 0. The van der Waals surface area contributed by atoms with Crippen molar-refractivity contribution in [2.45, 2.75) is 41.7 Å². The zero-order chi connectivity index (χ0) is 25.8. The molecule has 0 atom stereocenters. The van der Waals surface area contributed by atoms with Gasteiger partial charge in [0.15, 0.2) is 0 Å². The van der Waals surface area contributed by atoms with Crippen LogP contribution in [0, 0.1) is 0 Å². The van der Waals surface area contributed by atoms with Crippen LogP contribution >= 0.6 is 0 Å². The first-order chi connectivity index (χ1) is 13.9. The maximum Gasteiger partial charge on any atom is 0.460 e. The van der Waals surface area contributed by atoms with Gasteiger partial charge in [-0.1, -0.05) is 12.1 Å². The molecule has 0 saturated carbocycles. The second kappa shape index (κ2) is 7.50. The average Bonchev–Trinajstić information content (AvgIpc) is 2.61. The van der Waals surface area contributed by atoms with Gasteiger partial charge in [0.05, 0.1) is 11.4 Å². The van der Waals surface area contributed by atoms with Crippen LogP contribution in [0.5, 0.6) is 0 Å². The third kappa shape index (κ3) is 3.66. The predicted octanol–water partition coefficient (Wildman–Crippen LogP) is 5.58. The van der Waals surface area contributed by atoms with Crippen molar-refractivity contribution in [1.82, 2.24) is 0 Å². The summed E-state index contributed by atoms with van der Waals surface area (Å²) < 4.78 is 196. The number of nitrogens with two attached hydrogens (primary N) is 1. The standard InChI is InChI=1S/C14H7F15N2O/c15-8(16,7(32)31-6-4-2-1-3-5(6)30)9(17,18)10(19,20)11(21,22)12(23,24)13(25,26)14(27,28)29/h1-4H,30H2,(H,31,32). The molecule has 1 aromatic carbocycles. The first kappa shape index (κ1) is 27.5. The van der Waals surface area contributed by atoms with Crippen molar-refractivity contribution in [1.29, 1.82) is 0 Å². The topological polar surface area (TPSA) is 55.1 Å². The number of hydrogen-bond acceptors (Lipinski definition) is 2. The predicted molar refractivity (Wildman–Crippen MR) is 75.2 cm³/mol. The van der Waals surface area contributed by atoms with E-state index in [-0.39, 0.29) is 0 Å². The van der Waals surface area contributed by atoms with Crippen molar-refractivity contribution in [3.8, 4) is 0 Å². The first-order valence-electron chi connectivity index (χ1n) is 7.40. The average molecular weight is 504 g/mol. The Kier molecular flexibility index (Phi) is 6.44. The number of nitrogens with one attached hydrogen (secondary N) is 1. The van der Waals surface area contributed by atoms with Gasteiger partial charge in [-0.3, -0.25) is 4.79 Å². The fourth-order valence-electron chi connectivity index (χ4n) is 1.92. The number of halogens is 15. The van der Waals surface area contributed by atoms with E-state index in [1.807, 2.05) is 0 Å². The molecule has 32 heavy (non-hydrogen) atoms. The molecule has 0 aliphatic rings. The van der Waals surface area contributed by atoms with Gasteiger partial charge in [-0.05, 0) is 12.1 Å². The zero-order valence-corrected chi connectivity index (χ0v) is 14.5. The summed E-state index contributed by atoms with van der Waals surface area (Å²) in [6.07, 6.45) is -7.70. The molecule has 0 saturated heterocycles. The Hall–Kier alpha value is -2.56. The Morgan fingerprint density at radius 1 is 0.625 bits per heavy atom. The van der Waals surface area contributed by atoms with Crippen molar-refractivity contribution < 1.29 is 70.7 Å². The highest BCUT2D eigenvalue weighted by Crippen LogP contribution is 2.62. The lowest BCUT2D eigenvalue weighted by molar-refractivity contribution is -0.449. The number of benzene rings is 1. The number of carbonyl (C=O) groups is 1.